The quantitative estimate of drug-likeness (QED) is 0.367. The van der Waals surface area contributed by atoms with E-state index in [1.807, 2.05) is 48.5 Å². The van der Waals surface area contributed by atoms with Crippen LogP contribution in [0.4, 0.5) is 11.4 Å². The van der Waals surface area contributed by atoms with E-state index in [9.17, 15) is 4.79 Å². The minimum absolute atomic E-state index is 0.0652. The first kappa shape index (κ1) is 25.2. The molecular weight excluding hydrogens is 478 g/mol. The summed E-state index contributed by atoms with van der Waals surface area (Å²) in [6.07, 6.45) is 1.33. The molecule has 0 saturated carbocycles. The smallest absolute Gasteiger partial charge is 0.265 e. The zero-order chi connectivity index (χ0) is 26.4. The summed E-state index contributed by atoms with van der Waals surface area (Å²) in [6, 6.07) is 24.1. The minimum atomic E-state index is -2.06. The van der Waals surface area contributed by atoms with Gasteiger partial charge >= 0.3 is 0 Å². The second kappa shape index (κ2) is 9.45. The van der Waals surface area contributed by atoms with Crippen molar-refractivity contribution in [2.75, 3.05) is 17.4 Å². The minimum Gasteiger partial charge on any atom is -0.541 e. The number of nitrogens with one attached hydrogen (secondary N) is 1. The lowest BCUT2D eigenvalue weighted by molar-refractivity contribution is -0.128. The normalized spacial score (nSPS) is 19.4. The molecule has 2 aliphatic rings. The van der Waals surface area contributed by atoms with Gasteiger partial charge in [0, 0.05) is 11.3 Å². The van der Waals surface area contributed by atoms with Crippen molar-refractivity contribution in [2.24, 2.45) is 0 Å². The first-order valence-electron chi connectivity index (χ1n) is 13.0. The Hall–Kier alpha value is -3.45. The molecule has 3 aromatic carbocycles. The molecule has 0 aliphatic carbocycles. The van der Waals surface area contributed by atoms with E-state index in [4.69, 9.17) is 9.16 Å². The molecule has 7 heteroatoms. The molecule has 0 bridgehead atoms. The van der Waals surface area contributed by atoms with Crippen molar-refractivity contribution in [3.05, 3.63) is 83.9 Å². The van der Waals surface area contributed by atoms with Crippen LogP contribution in [-0.4, -0.2) is 32.4 Å². The van der Waals surface area contributed by atoms with Crippen molar-refractivity contribution >= 4 is 25.6 Å². The molecule has 194 valence electrons. The van der Waals surface area contributed by atoms with E-state index in [1.165, 1.54) is 5.56 Å². The summed E-state index contributed by atoms with van der Waals surface area (Å²) in [5.74, 6) is 1.51. The number of fused-ring (bicyclic) bond motifs is 3. The van der Waals surface area contributed by atoms with Gasteiger partial charge in [-0.25, -0.2) is 5.01 Å². The van der Waals surface area contributed by atoms with Gasteiger partial charge in [-0.2, -0.15) is 0 Å². The Morgan fingerprint density at radius 1 is 0.946 bits per heavy atom. The van der Waals surface area contributed by atoms with Crippen LogP contribution in [-0.2, 0) is 11.2 Å². The van der Waals surface area contributed by atoms with Crippen molar-refractivity contribution in [1.82, 2.24) is 5.01 Å². The van der Waals surface area contributed by atoms with Gasteiger partial charge in [-0.05, 0) is 66.9 Å². The van der Waals surface area contributed by atoms with Crippen LogP contribution in [0.25, 0.3) is 0 Å². The zero-order valence-electron chi connectivity index (χ0n) is 22.6. The molecule has 0 spiro atoms. The fourth-order valence-electron chi connectivity index (χ4n) is 4.96. The topological polar surface area (TPSA) is 54.0 Å². The van der Waals surface area contributed by atoms with E-state index >= 15 is 0 Å². The number of para-hydroxylation sites is 2. The molecule has 1 fully saturated rings. The van der Waals surface area contributed by atoms with Gasteiger partial charge in [-0.1, -0.05) is 63.2 Å². The molecule has 6 nitrogen and oxygen atoms in total. The summed E-state index contributed by atoms with van der Waals surface area (Å²) in [4.78, 5) is 16.1. The Kier molecular flexibility index (Phi) is 6.44. The standard InChI is InChI=1S/C30H37N3O3Si/c1-30(2,3)37(5,6)36-26-19-17-22(20-27(26)35-4)28-32-24-15-11-10-12-21(24)16-18-25(32)29(34)33(28)31-23-13-8-7-9-14-23/h7-15,17,19-20,25,28,31H,16,18H2,1-6H3/t25-,28+/m0/s1. The summed E-state index contributed by atoms with van der Waals surface area (Å²) in [5.41, 5.74) is 7.63. The predicted molar refractivity (Wildman–Crippen MR) is 152 cm³/mol. The largest absolute Gasteiger partial charge is 0.541 e. The lowest BCUT2D eigenvalue weighted by Gasteiger charge is -2.38. The number of amides is 1. The molecule has 3 aromatic rings. The maximum absolute atomic E-state index is 13.8. The average Bonchev–Trinajstić information content (AvgIpc) is 3.15. The van der Waals surface area contributed by atoms with Gasteiger partial charge in [0.15, 0.2) is 11.9 Å². The zero-order valence-corrected chi connectivity index (χ0v) is 23.6. The fraction of sp³-hybridized carbons (Fsp3) is 0.367. The third kappa shape index (κ3) is 4.57. The van der Waals surface area contributed by atoms with E-state index in [0.29, 0.717) is 5.75 Å². The molecule has 37 heavy (non-hydrogen) atoms. The Labute approximate surface area is 221 Å². The van der Waals surface area contributed by atoms with Crippen molar-refractivity contribution in [3.63, 3.8) is 0 Å². The lowest BCUT2D eigenvalue weighted by atomic mass is 9.95. The number of ether oxygens (including phenoxy) is 1. The summed E-state index contributed by atoms with van der Waals surface area (Å²) in [7, 11) is -0.384. The number of carbonyl (C=O) groups excluding carboxylic acids is 1. The summed E-state index contributed by atoms with van der Waals surface area (Å²) >= 11 is 0. The Bertz CT molecular complexity index is 1290. The second-order valence-electron chi connectivity index (χ2n) is 11.4. The Morgan fingerprint density at radius 3 is 2.35 bits per heavy atom. The van der Waals surface area contributed by atoms with E-state index < -0.39 is 8.32 Å². The molecule has 0 radical (unpaired) electrons. The van der Waals surface area contributed by atoms with Gasteiger partial charge in [-0.15, -0.1) is 0 Å². The number of nitrogens with zero attached hydrogens (tertiary/aromatic N) is 2. The van der Waals surface area contributed by atoms with Crippen LogP contribution in [0.5, 0.6) is 11.5 Å². The maximum Gasteiger partial charge on any atom is 0.265 e. The van der Waals surface area contributed by atoms with Crippen molar-refractivity contribution in [3.8, 4) is 11.5 Å². The van der Waals surface area contributed by atoms with Crippen LogP contribution in [0.2, 0.25) is 18.1 Å². The van der Waals surface area contributed by atoms with Gasteiger partial charge in [-0.3, -0.25) is 10.2 Å². The van der Waals surface area contributed by atoms with Crippen LogP contribution in [0.3, 0.4) is 0 Å². The van der Waals surface area contributed by atoms with E-state index in [2.05, 4.69) is 68.5 Å². The van der Waals surface area contributed by atoms with Crippen LogP contribution >= 0.6 is 0 Å². The first-order valence-corrected chi connectivity index (χ1v) is 15.9. The summed E-state index contributed by atoms with van der Waals surface area (Å²) < 4.78 is 12.5. The van der Waals surface area contributed by atoms with Crippen LogP contribution < -0.4 is 19.5 Å². The highest BCUT2D eigenvalue weighted by molar-refractivity contribution is 6.74. The van der Waals surface area contributed by atoms with Gasteiger partial charge in [0.1, 0.15) is 11.8 Å². The van der Waals surface area contributed by atoms with Gasteiger partial charge in [0.2, 0.25) is 0 Å². The molecule has 0 unspecified atom stereocenters. The number of anilines is 2. The summed E-state index contributed by atoms with van der Waals surface area (Å²) in [5, 5.41) is 1.85. The Balaban J connectivity index is 1.58. The molecule has 5 rings (SSSR count). The number of benzene rings is 3. The highest BCUT2D eigenvalue weighted by Gasteiger charge is 2.49. The Morgan fingerprint density at radius 2 is 1.65 bits per heavy atom. The van der Waals surface area contributed by atoms with Crippen LogP contribution in [0, 0.1) is 0 Å². The monoisotopic (exact) mass is 515 g/mol. The summed E-state index contributed by atoms with van der Waals surface area (Å²) in [6.45, 7) is 11.1. The first-order chi connectivity index (χ1) is 17.6. The number of hydrogen-bond acceptors (Lipinski definition) is 5. The third-order valence-corrected chi connectivity index (χ3v) is 12.3. The number of hydrogen-bond donors (Lipinski definition) is 1. The molecule has 2 heterocycles. The number of rotatable bonds is 6. The maximum atomic E-state index is 13.8. The fourth-order valence-corrected chi connectivity index (χ4v) is 5.98. The SMILES string of the molecule is COc1cc([C@H]2N(Nc3ccccc3)C(=O)[C@@H]3CCc4ccccc4N32)ccc1O[Si](C)(C)C(C)(C)C. The van der Waals surface area contributed by atoms with E-state index in [0.717, 1.165) is 35.5 Å². The number of hydrazine groups is 1. The number of aryl methyl sites for hydroxylation is 1. The predicted octanol–water partition coefficient (Wildman–Crippen LogP) is 6.77. The van der Waals surface area contributed by atoms with Gasteiger partial charge in [0.05, 0.1) is 12.8 Å². The highest BCUT2D eigenvalue weighted by atomic mass is 28.4. The molecule has 1 amide bonds. The molecule has 2 aliphatic heterocycles. The van der Waals surface area contributed by atoms with Crippen LogP contribution in [0.1, 0.15) is 44.5 Å². The number of carbonyl (C=O) groups is 1. The van der Waals surface area contributed by atoms with E-state index in [1.54, 1.807) is 12.1 Å². The van der Waals surface area contributed by atoms with Crippen molar-refractivity contribution in [1.29, 1.82) is 0 Å². The second-order valence-corrected chi connectivity index (χ2v) is 16.1. The van der Waals surface area contributed by atoms with Crippen molar-refractivity contribution in [2.45, 2.75) is 64.0 Å². The molecule has 1 N–H and O–H groups in total. The molecular formula is C30H37N3O3Si. The number of methoxy groups -OCH3 is 1. The molecule has 0 aromatic heterocycles. The highest BCUT2D eigenvalue weighted by Crippen LogP contribution is 2.46. The van der Waals surface area contributed by atoms with Crippen LogP contribution in [0.15, 0.2) is 72.8 Å². The van der Waals surface area contributed by atoms with E-state index in [-0.39, 0.29) is 23.2 Å². The van der Waals surface area contributed by atoms with Gasteiger partial charge < -0.3 is 14.1 Å². The van der Waals surface area contributed by atoms with Gasteiger partial charge in [0.25, 0.3) is 14.2 Å². The average molecular weight is 516 g/mol. The lowest BCUT2D eigenvalue weighted by Crippen LogP contribution is -2.44. The molecule has 2 atom stereocenters. The molecule has 1 saturated heterocycles. The van der Waals surface area contributed by atoms with Crippen molar-refractivity contribution < 1.29 is 14.0 Å². The third-order valence-electron chi connectivity index (χ3n) is 8.00.